The summed E-state index contributed by atoms with van der Waals surface area (Å²) in [5.41, 5.74) is 0.852. The maximum atomic E-state index is 13.0. The van der Waals surface area contributed by atoms with Crippen LogP contribution in [0.4, 0.5) is 5.13 Å². The average molecular weight is 454 g/mol. The van der Waals surface area contributed by atoms with Crippen molar-refractivity contribution >= 4 is 71.5 Å². The van der Waals surface area contributed by atoms with Crippen molar-refractivity contribution in [2.24, 2.45) is 0 Å². The van der Waals surface area contributed by atoms with Crippen molar-refractivity contribution in [1.82, 2.24) is 4.98 Å². The molecule has 0 aliphatic rings. The highest BCUT2D eigenvalue weighted by Gasteiger charge is 2.24. The van der Waals surface area contributed by atoms with Crippen LogP contribution in [0, 0.1) is 0 Å². The number of thiophene rings is 1. The van der Waals surface area contributed by atoms with Crippen LogP contribution in [0.3, 0.4) is 0 Å². The zero-order valence-corrected chi connectivity index (χ0v) is 16.6. The van der Waals surface area contributed by atoms with E-state index < -0.39 is 0 Å². The van der Waals surface area contributed by atoms with Crippen molar-refractivity contribution in [2.45, 2.75) is 6.54 Å². The molecule has 1 amide bonds. The van der Waals surface area contributed by atoms with E-state index in [1.54, 1.807) is 29.4 Å². The summed E-state index contributed by atoms with van der Waals surface area (Å²) in [7, 11) is 0. The van der Waals surface area contributed by atoms with Crippen molar-refractivity contribution in [3.05, 3.63) is 68.2 Å². The van der Waals surface area contributed by atoms with Gasteiger partial charge in [-0.15, -0.1) is 11.3 Å². The molecule has 0 saturated heterocycles. The number of anilines is 1. The number of nitrogens with zero attached hydrogens (tertiary/aromatic N) is 2. The van der Waals surface area contributed by atoms with Gasteiger partial charge in [-0.25, -0.2) is 4.98 Å². The largest absolute Gasteiger partial charge is 0.467 e. The molecule has 0 saturated carbocycles. The maximum absolute atomic E-state index is 13.0. The van der Waals surface area contributed by atoms with E-state index in [0.717, 1.165) is 14.7 Å². The van der Waals surface area contributed by atoms with Crippen molar-refractivity contribution in [2.75, 3.05) is 4.90 Å². The molecule has 0 fully saturated rings. The molecule has 3 aromatic heterocycles. The Morgan fingerprint density at radius 1 is 1.24 bits per heavy atom. The van der Waals surface area contributed by atoms with Crippen molar-refractivity contribution in [3.63, 3.8) is 0 Å². The molecule has 8 heteroatoms. The van der Waals surface area contributed by atoms with Crippen LogP contribution in [0.5, 0.6) is 0 Å². The summed E-state index contributed by atoms with van der Waals surface area (Å²) in [6, 6.07) is 12.9. The first-order valence-electron chi connectivity index (χ1n) is 7.26. The van der Waals surface area contributed by atoms with E-state index in [4.69, 9.17) is 16.0 Å². The number of furan rings is 1. The number of hydrogen-bond donors (Lipinski definition) is 0. The van der Waals surface area contributed by atoms with E-state index in [1.165, 1.54) is 22.7 Å². The minimum Gasteiger partial charge on any atom is -0.467 e. The van der Waals surface area contributed by atoms with E-state index >= 15 is 0 Å². The normalized spacial score (nSPS) is 11.1. The Hall–Kier alpha value is -1.67. The number of fused-ring (bicyclic) bond motifs is 1. The van der Waals surface area contributed by atoms with E-state index in [9.17, 15) is 4.79 Å². The van der Waals surface area contributed by atoms with E-state index in [0.29, 0.717) is 26.7 Å². The molecular formula is C17H10BrClN2O2S2. The number of rotatable bonds is 4. The Morgan fingerprint density at radius 2 is 2.12 bits per heavy atom. The lowest BCUT2D eigenvalue weighted by Gasteiger charge is -2.17. The summed E-state index contributed by atoms with van der Waals surface area (Å²) in [6.45, 7) is 0.308. The van der Waals surface area contributed by atoms with Crippen molar-refractivity contribution in [1.29, 1.82) is 0 Å². The molecule has 0 atom stereocenters. The van der Waals surface area contributed by atoms with Gasteiger partial charge in [-0.1, -0.05) is 38.9 Å². The predicted octanol–water partition coefficient (Wildman–Crippen LogP) is 6.21. The number of hydrogen-bond acceptors (Lipinski definition) is 5. The fraction of sp³-hybridized carbons (Fsp3) is 0.0588. The summed E-state index contributed by atoms with van der Waals surface area (Å²) in [4.78, 5) is 19.8. The average Bonchev–Trinajstić information content (AvgIpc) is 3.31. The van der Waals surface area contributed by atoms with E-state index in [2.05, 4.69) is 20.9 Å². The molecule has 0 aliphatic heterocycles. The molecule has 25 heavy (non-hydrogen) atoms. The van der Waals surface area contributed by atoms with Gasteiger partial charge in [0.2, 0.25) is 0 Å². The van der Waals surface area contributed by atoms with E-state index in [-0.39, 0.29) is 5.91 Å². The third-order valence-corrected chi connectivity index (χ3v) is 6.25. The van der Waals surface area contributed by atoms with Crippen molar-refractivity contribution in [3.8, 4) is 0 Å². The highest BCUT2D eigenvalue weighted by molar-refractivity contribution is 9.10. The number of thiazole rings is 1. The van der Waals surface area contributed by atoms with Gasteiger partial charge >= 0.3 is 0 Å². The summed E-state index contributed by atoms with van der Waals surface area (Å²) >= 11 is 12.2. The molecule has 4 rings (SSSR count). The molecule has 3 heterocycles. The number of carbonyl (C=O) groups excluding carboxylic acids is 1. The Morgan fingerprint density at radius 3 is 2.84 bits per heavy atom. The summed E-state index contributed by atoms with van der Waals surface area (Å²) in [6.07, 6.45) is 1.59. The summed E-state index contributed by atoms with van der Waals surface area (Å²) < 4.78 is 7.98. The van der Waals surface area contributed by atoms with Crippen LogP contribution in [0.25, 0.3) is 10.2 Å². The first kappa shape index (κ1) is 16.8. The number of benzene rings is 1. The SMILES string of the molecule is O=C(c1ccc(Cl)s1)N(Cc1ccco1)c1nc2ccc(Br)cc2s1. The Labute approximate surface area is 164 Å². The van der Waals surface area contributed by atoms with Gasteiger partial charge in [0, 0.05) is 4.47 Å². The van der Waals surface area contributed by atoms with Crippen LogP contribution in [0.1, 0.15) is 15.4 Å². The molecule has 126 valence electrons. The molecule has 1 aromatic carbocycles. The van der Waals surface area contributed by atoms with Crippen LogP contribution < -0.4 is 4.90 Å². The monoisotopic (exact) mass is 452 g/mol. The highest BCUT2D eigenvalue weighted by Crippen LogP contribution is 2.33. The number of halogens is 2. The first-order chi connectivity index (χ1) is 12.1. The maximum Gasteiger partial charge on any atom is 0.270 e. The second-order valence-electron chi connectivity index (χ2n) is 5.18. The second kappa shape index (κ2) is 6.92. The van der Waals surface area contributed by atoms with Gasteiger partial charge in [0.1, 0.15) is 5.76 Å². The third kappa shape index (κ3) is 3.50. The Kier molecular flexibility index (Phi) is 4.64. The van der Waals surface area contributed by atoms with Gasteiger partial charge in [-0.3, -0.25) is 9.69 Å². The number of carbonyl (C=O) groups is 1. The molecular weight excluding hydrogens is 444 g/mol. The van der Waals surface area contributed by atoms with Crippen LogP contribution in [-0.4, -0.2) is 10.9 Å². The van der Waals surface area contributed by atoms with Crippen LogP contribution in [0.2, 0.25) is 4.34 Å². The second-order valence-corrected chi connectivity index (χ2v) is 8.82. The quantitative estimate of drug-likeness (QED) is 0.369. The molecule has 0 aliphatic carbocycles. The van der Waals surface area contributed by atoms with Crippen LogP contribution in [-0.2, 0) is 6.54 Å². The minimum atomic E-state index is -0.147. The number of aromatic nitrogens is 1. The van der Waals surface area contributed by atoms with Crippen LogP contribution in [0.15, 0.2) is 57.6 Å². The molecule has 0 radical (unpaired) electrons. The van der Waals surface area contributed by atoms with Gasteiger partial charge in [0.05, 0.1) is 32.2 Å². The number of amides is 1. The zero-order valence-electron chi connectivity index (χ0n) is 12.6. The summed E-state index contributed by atoms with van der Waals surface area (Å²) in [5, 5.41) is 0.624. The van der Waals surface area contributed by atoms with Gasteiger partial charge in [0.15, 0.2) is 5.13 Å². The molecule has 0 spiro atoms. The minimum absolute atomic E-state index is 0.147. The zero-order chi connectivity index (χ0) is 17.4. The predicted molar refractivity (Wildman–Crippen MR) is 106 cm³/mol. The van der Waals surface area contributed by atoms with Crippen LogP contribution >= 0.6 is 50.2 Å². The highest BCUT2D eigenvalue weighted by atomic mass is 79.9. The van der Waals surface area contributed by atoms with Gasteiger partial charge < -0.3 is 4.42 Å². The topological polar surface area (TPSA) is 46.3 Å². The summed E-state index contributed by atoms with van der Waals surface area (Å²) in [5.74, 6) is 0.544. The molecule has 0 unspecified atom stereocenters. The van der Waals surface area contributed by atoms with E-state index in [1.807, 2.05) is 24.3 Å². The molecule has 4 aromatic rings. The fourth-order valence-electron chi connectivity index (χ4n) is 2.35. The van der Waals surface area contributed by atoms with Gasteiger partial charge in [0.25, 0.3) is 5.91 Å². The Balaban J connectivity index is 1.76. The lowest BCUT2D eigenvalue weighted by molar-refractivity contribution is 0.0987. The fourth-order valence-corrected chi connectivity index (χ4v) is 4.86. The van der Waals surface area contributed by atoms with Gasteiger partial charge in [-0.2, -0.15) is 0 Å². The lowest BCUT2D eigenvalue weighted by Crippen LogP contribution is -2.29. The molecule has 4 nitrogen and oxygen atoms in total. The third-order valence-electron chi connectivity index (χ3n) is 3.49. The molecule has 0 bridgehead atoms. The first-order valence-corrected chi connectivity index (χ1v) is 10.1. The smallest absolute Gasteiger partial charge is 0.270 e. The molecule has 0 N–H and O–H groups in total. The standard InChI is InChI=1S/C17H10BrClN2O2S2/c18-10-3-4-12-14(8-10)25-17(20-12)21(9-11-2-1-7-23-11)16(22)13-5-6-15(19)24-13/h1-8H,9H2. The lowest BCUT2D eigenvalue weighted by atomic mass is 10.3. The van der Waals surface area contributed by atoms with Crippen molar-refractivity contribution < 1.29 is 9.21 Å². The van der Waals surface area contributed by atoms with Gasteiger partial charge in [-0.05, 0) is 42.5 Å². The Bertz CT molecular complexity index is 1040.